The van der Waals surface area contributed by atoms with Gasteiger partial charge in [0.2, 0.25) is 0 Å². The molecule has 0 atom stereocenters. The normalized spacial score (nSPS) is 11.2. The highest BCUT2D eigenvalue weighted by Crippen LogP contribution is 1.90. The Hall–Kier alpha value is -0.690. The zero-order chi connectivity index (χ0) is 9.00. The van der Waals surface area contributed by atoms with Crippen molar-refractivity contribution in [3.63, 3.8) is 0 Å². The van der Waals surface area contributed by atoms with E-state index in [1.165, 1.54) is 0 Å². The average Bonchev–Trinajstić information content (AvgIpc) is 1.66. The lowest BCUT2D eigenvalue weighted by molar-refractivity contribution is 0.460. The molecule has 0 saturated heterocycles. The van der Waals surface area contributed by atoms with Gasteiger partial charge in [-0.2, -0.15) is 16.8 Å². The third kappa shape index (κ3) is 4.21. The molecule has 0 amide bonds. The highest BCUT2D eigenvalue weighted by molar-refractivity contribution is 8.62. The van der Waals surface area contributed by atoms with Crippen LogP contribution in [0.5, 0.6) is 0 Å². The molecule has 10 heavy (non-hydrogen) atoms. The van der Waals surface area contributed by atoms with Crippen LogP contribution < -0.4 is 0 Å². The minimum Gasteiger partial charge on any atom is -0.512 e. The van der Waals surface area contributed by atoms with Gasteiger partial charge in [0.1, 0.15) is 0 Å². The molecule has 0 bridgehead atoms. The van der Waals surface area contributed by atoms with E-state index in [0.29, 0.717) is 0 Å². The van der Waals surface area contributed by atoms with Gasteiger partial charge in [0.05, 0.1) is 0 Å². The van der Waals surface area contributed by atoms with E-state index < -0.39 is 18.3 Å². The number of nitrogens with zero attached hydrogens (tertiary/aromatic N) is 1. The summed E-state index contributed by atoms with van der Waals surface area (Å²) in [5, 5.41) is 6.25. The molecule has 0 spiro atoms. The van der Waals surface area contributed by atoms with Crippen molar-refractivity contribution in [2.75, 3.05) is 0 Å². The maximum Gasteiger partial charge on any atom is 0.397 e. The highest BCUT2D eigenvalue weighted by Gasteiger charge is 2.22. The van der Waals surface area contributed by atoms with Crippen LogP contribution in [-0.2, 0) is 18.3 Å². The van der Waals surface area contributed by atoms with Crippen LogP contribution in [0, 0.1) is 11.8 Å². The lowest BCUT2D eigenvalue weighted by Crippen LogP contribution is -2.11. The molecule has 0 aromatic rings. The molecule has 0 aliphatic carbocycles. The smallest absolute Gasteiger partial charge is 0.397 e. The van der Waals surface area contributed by atoms with E-state index in [2.05, 4.69) is 0 Å². The summed E-state index contributed by atoms with van der Waals surface area (Å²) < 4.78 is 52.5. The molecule has 0 radical (unpaired) electrons. The Morgan fingerprint density at radius 3 is 1.00 bits per heavy atom. The second kappa shape index (κ2) is 3.47. The summed E-state index contributed by atoms with van der Waals surface area (Å²) in [6.07, 6.45) is 0. The van der Waals surface area contributed by atoms with Crippen molar-refractivity contribution >= 4 is 18.3 Å². The first kappa shape index (κ1) is 12.0. The molecule has 60 valence electrons. The van der Waals surface area contributed by atoms with E-state index in [1.807, 2.05) is 0 Å². The van der Waals surface area contributed by atoms with Gasteiger partial charge in [0, 0.05) is 0 Å². The molecule has 0 rings (SSSR count). The fraction of sp³-hybridized carbons (Fsp3) is 0. The van der Waals surface area contributed by atoms with Gasteiger partial charge in [0.25, 0.3) is 0 Å². The van der Waals surface area contributed by atoms with Crippen molar-refractivity contribution in [3.8, 4) is 0 Å². The van der Waals surface area contributed by atoms with Gasteiger partial charge >= 0.3 is 18.3 Å². The fourth-order valence-electron chi connectivity index (χ4n) is 0. The minimum absolute atomic E-state index is 4.75. The van der Waals surface area contributed by atoms with E-state index in [-0.39, 0.29) is 0 Å². The highest BCUT2D eigenvalue weighted by atomic mass is 33.2. The topological polar surface area (TPSA) is 133 Å². The number of hydrogen-bond acceptors (Lipinski definition) is 5. The van der Waals surface area contributed by atoms with Gasteiger partial charge < -0.3 is 11.8 Å². The molecular weight excluding hydrogens is 186 g/mol. The second-order valence-electron chi connectivity index (χ2n) is 0.855. The lowest BCUT2D eigenvalue weighted by Gasteiger charge is -1.84. The molecule has 0 aliphatic heterocycles. The van der Waals surface area contributed by atoms with E-state index in [1.54, 1.807) is 0 Å². The van der Waals surface area contributed by atoms with Gasteiger partial charge in [-0.1, -0.05) is 0 Å². The first-order valence-corrected chi connectivity index (χ1v) is 4.82. The summed E-state index contributed by atoms with van der Waals surface area (Å²) in [6, 6.07) is 0. The molecule has 0 aromatic heterocycles. The molecule has 0 saturated carbocycles. The van der Waals surface area contributed by atoms with Gasteiger partial charge in [0.15, 0.2) is 0 Å². The SMILES string of the molecule is O=S(=O)(O)S(=O)(=O)O.[C-]#N. The molecule has 0 unspecified atom stereocenters. The van der Waals surface area contributed by atoms with Gasteiger partial charge in [-0.15, -0.1) is 0 Å². The van der Waals surface area contributed by atoms with Crippen LogP contribution >= 0.6 is 0 Å². The molecule has 0 aromatic carbocycles. The maximum absolute atomic E-state index is 9.37. The van der Waals surface area contributed by atoms with Crippen molar-refractivity contribution in [2.24, 2.45) is 0 Å². The first-order valence-electron chi connectivity index (χ1n) is 1.42. The number of rotatable bonds is 1. The summed E-state index contributed by atoms with van der Waals surface area (Å²) >= 11 is 0. The Bertz CT molecular complexity index is 262. The zero-order valence-corrected chi connectivity index (χ0v) is 5.92. The average molecular weight is 188 g/mol. The Labute approximate surface area is 56.8 Å². The van der Waals surface area contributed by atoms with Crippen LogP contribution in [0.1, 0.15) is 0 Å². The predicted octanol–water partition coefficient (Wildman–Crippen LogP) is -1.23. The summed E-state index contributed by atoms with van der Waals surface area (Å²) in [6.45, 7) is 4.75. The molecule has 7 nitrogen and oxygen atoms in total. The number of hydrogen-bond donors (Lipinski definition) is 2. The molecule has 0 aliphatic rings. The predicted molar refractivity (Wildman–Crippen MR) is 28.1 cm³/mol. The Kier molecular flexibility index (Phi) is 4.18. The lowest BCUT2D eigenvalue weighted by atomic mass is 11.9. The standard InChI is InChI=1S/CN.H2O6S2/c1-2;1-7(2,3)8(4,5)6/h;(H,1,2,3)(H,4,5,6)/q-1;. The van der Waals surface area contributed by atoms with E-state index in [9.17, 15) is 16.8 Å². The minimum atomic E-state index is -5.31. The van der Waals surface area contributed by atoms with Crippen LogP contribution in [0.2, 0.25) is 0 Å². The molecular formula is CH2NO6S2-. The van der Waals surface area contributed by atoms with Crippen molar-refractivity contribution in [1.82, 2.24) is 0 Å². The summed E-state index contributed by atoms with van der Waals surface area (Å²) in [4.78, 5) is 0. The molecule has 0 fully saturated rings. The molecule has 9 heteroatoms. The van der Waals surface area contributed by atoms with Crippen LogP contribution in [0.3, 0.4) is 0 Å². The maximum atomic E-state index is 9.37. The van der Waals surface area contributed by atoms with Crippen LogP contribution in [0.25, 0.3) is 0 Å². The zero-order valence-electron chi connectivity index (χ0n) is 4.29. The largest absolute Gasteiger partial charge is 0.512 e. The van der Waals surface area contributed by atoms with E-state index >= 15 is 0 Å². The first-order chi connectivity index (χ1) is 4.25. The third-order valence-corrected chi connectivity index (χ3v) is 2.40. The van der Waals surface area contributed by atoms with Crippen molar-refractivity contribution in [1.29, 1.82) is 5.26 Å². The van der Waals surface area contributed by atoms with Gasteiger partial charge in [-0.3, -0.25) is 9.11 Å². The molecule has 2 N–H and O–H groups in total. The van der Waals surface area contributed by atoms with E-state index in [0.717, 1.165) is 0 Å². The van der Waals surface area contributed by atoms with Crippen LogP contribution in [0.4, 0.5) is 0 Å². The van der Waals surface area contributed by atoms with Crippen molar-refractivity contribution < 1.29 is 25.9 Å². The molecule has 0 heterocycles. The Balaban J connectivity index is 0. The Morgan fingerprint density at radius 1 is 0.900 bits per heavy atom. The van der Waals surface area contributed by atoms with Crippen LogP contribution in [0.15, 0.2) is 0 Å². The Morgan fingerprint density at radius 2 is 1.00 bits per heavy atom. The summed E-state index contributed by atoms with van der Waals surface area (Å²) in [7, 11) is -10.6. The van der Waals surface area contributed by atoms with E-state index in [4.69, 9.17) is 20.9 Å². The third-order valence-electron chi connectivity index (χ3n) is 0.266. The second-order valence-corrected chi connectivity index (χ2v) is 5.09. The quantitative estimate of drug-likeness (QED) is 0.299. The van der Waals surface area contributed by atoms with Gasteiger partial charge in [-0.05, 0) is 0 Å². The fourth-order valence-corrected chi connectivity index (χ4v) is 0. The van der Waals surface area contributed by atoms with Crippen molar-refractivity contribution in [3.05, 3.63) is 6.57 Å². The summed E-state index contributed by atoms with van der Waals surface area (Å²) in [5.41, 5.74) is 0. The monoisotopic (exact) mass is 188 g/mol. The van der Waals surface area contributed by atoms with Gasteiger partial charge in [-0.25, -0.2) is 0 Å². The summed E-state index contributed by atoms with van der Waals surface area (Å²) in [5.74, 6) is 0. The van der Waals surface area contributed by atoms with Crippen LogP contribution in [-0.4, -0.2) is 25.9 Å². The van der Waals surface area contributed by atoms with Crippen molar-refractivity contribution in [2.45, 2.75) is 0 Å².